The molecule has 2 fully saturated rings. The molecule has 1 spiro atoms. The van der Waals surface area contributed by atoms with E-state index in [1.807, 2.05) is 38.1 Å². The van der Waals surface area contributed by atoms with Gasteiger partial charge < -0.3 is 20.5 Å². The molecule has 23 heavy (non-hydrogen) atoms. The van der Waals surface area contributed by atoms with E-state index in [-0.39, 0.29) is 17.6 Å². The van der Waals surface area contributed by atoms with Gasteiger partial charge >= 0.3 is 0 Å². The van der Waals surface area contributed by atoms with Gasteiger partial charge in [-0.15, -0.1) is 0 Å². The Morgan fingerprint density at radius 2 is 2.00 bits per heavy atom. The average Bonchev–Trinajstić information content (AvgIpc) is 2.43. The zero-order valence-electron chi connectivity index (χ0n) is 14.2. The molecule has 0 saturated heterocycles. The maximum atomic E-state index is 6.09. The summed E-state index contributed by atoms with van der Waals surface area (Å²) in [7, 11) is 1.80. The molecule has 126 valence electrons. The lowest BCUT2D eigenvalue weighted by Gasteiger charge is -2.59. The van der Waals surface area contributed by atoms with Crippen LogP contribution in [-0.2, 0) is 4.74 Å². The normalized spacial score (nSPS) is 25.8. The fourth-order valence-corrected chi connectivity index (χ4v) is 3.72. The van der Waals surface area contributed by atoms with Crippen LogP contribution >= 0.6 is 0 Å². The molecule has 0 aromatic heterocycles. The number of nitrogens with zero attached hydrogens (tertiary/aromatic N) is 1. The van der Waals surface area contributed by atoms with Crippen molar-refractivity contribution in [2.75, 3.05) is 12.4 Å². The standard InChI is InChI=1S/C18H27N3O2/c1-12(2)23-14-7-5-13(6-8-14)20-17(19)21-15-11-16(22-3)18(15)9-4-10-18/h5-8,12,15-16H,4,9-11H2,1-3H3,(H3,19,20,21). The van der Waals surface area contributed by atoms with Gasteiger partial charge in [0.05, 0.1) is 18.2 Å². The van der Waals surface area contributed by atoms with Gasteiger partial charge in [-0.25, -0.2) is 4.99 Å². The monoisotopic (exact) mass is 317 g/mol. The van der Waals surface area contributed by atoms with E-state index in [1.165, 1.54) is 19.3 Å². The second-order valence-corrected chi connectivity index (χ2v) is 6.89. The van der Waals surface area contributed by atoms with Gasteiger partial charge in [-0.2, -0.15) is 0 Å². The Balaban J connectivity index is 1.60. The number of anilines is 1. The van der Waals surface area contributed by atoms with Gasteiger partial charge in [-0.3, -0.25) is 0 Å². The van der Waals surface area contributed by atoms with Crippen LogP contribution in [-0.4, -0.2) is 31.3 Å². The van der Waals surface area contributed by atoms with Crippen molar-refractivity contribution in [1.82, 2.24) is 0 Å². The third kappa shape index (κ3) is 3.15. The fourth-order valence-electron chi connectivity index (χ4n) is 3.72. The molecule has 2 atom stereocenters. The molecule has 3 N–H and O–H groups in total. The Kier molecular flexibility index (Phi) is 4.48. The van der Waals surface area contributed by atoms with Gasteiger partial charge in [0.15, 0.2) is 5.96 Å². The number of guanidine groups is 1. The summed E-state index contributed by atoms with van der Waals surface area (Å²) in [4.78, 5) is 4.69. The third-order valence-electron chi connectivity index (χ3n) is 5.10. The molecule has 0 aliphatic heterocycles. The summed E-state index contributed by atoms with van der Waals surface area (Å²) >= 11 is 0. The zero-order valence-corrected chi connectivity index (χ0v) is 14.2. The van der Waals surface area contributed by atoms with E-state index in [1.54, 1.807) is 7.11 Å². The van der Waals surface area contributed by atoms with Gasteiger partial charge in [0, 0.05) is 18.2 Å². The van der Waals surface area contributed by atoms with Crippen LogP contribution in [0, 0.1) is 5.41 Å². The molecular weight excluding hydrogens is 290 g/mol. The molecule has 0 bridgehead atoms. The predicted molar refractivity (Wildman–Crippen MR) is 92.9 cm³/mol. The number of methoxy groups -OCH3 is 1. The molecule has 0 heterocycles. The number of aliphatic imine (C=N–C) groups is 1. The van der Waals surface area contributed by atoms with Crippen LogP contribution in [0.3, 0.4) is 0 Å². The number of hydrogen-bond donors (Lipinski definition) is 2. The van der Waals surface area contributed by atoms with Crippen molar-refractivity contribution < 1.29 is 9.47 Å². The van der Waals surface area contributed by atoms with Crippen molar-refractivity contribution in [3.63, 3.8) is 0 Å². The quantitative estimate of drug-likeness (QED) is 0.646. The van der Waals surface area contributed by atoms with Crippen molar-refractivity contribution in [2.45, 2.75) is 57.8 Å². The van der Waals surface area contributed by atoms with Crippen LogP contribution in [0.15, 0.2) is 29.3 Å². The van der Waals surface area contributed by atoms with Crippen LogP contribution in [0.1, 0.15) is 39.5 Å². The summed E-state index contributed by atoms with van der Waals surface area (Å²) in [6.07, 6.45) is 5.18. The first-order chi connectivity index (χ1) is 11.0. The van der Waals surface area contributed by atoms with Crippen LogP contribution in [0.25, 0.3) is 0 Å². The topological polar surface area (TPSA) is 68.9 Å². The molecular formula is C18H27N3O2. The van der Waals surface area contributed by atoms with Crippen molar-refractivity contribution in [3.8, 4) is 5.75 Å². The number of ether oxygens (including phenoxy) is 2. The third-order valence-corrected chi connectivity index (χ3v) is 5.10. The molecule has 0 amide bonds. The molecule has 2 saturated carbocycles. The van der Waals surface area contributed by atoms with Gasteiger partial charge in [-0.05, 0) is 57.4 Å². The highest BCUT2D eigenvalue weighted by atomic mass is 16.5. The first-order valence-electron chi connectivity index (χ1n) is 8.43. The van der Waals surface area contributed by atoms with E-state index in [4.69, 9.17) is 20.2 Å². The lowest BCUT2D eigenvalue weighted by molar-refractivity contribution is -0.150. The second-order valence-electron chi connectivity index (χ2n) is 6.89. The largest absolute Gasteiger partial charge is 0.491 e. The van der Waals surface area contributed by atoms with Crippen LogP contribution in [0.5, 0.6) is 5.75 Å². The minimum Gasteiger partial charge on any atom is -0.491 e. The molecule has 3 rings (SSSR count). The Morgan fingerprint density at radius 1 is 1.30 bits per heavy atom. The fraction of sp³-hybridized carbons (Fsp3) is 0.611. The van der Waals surface area contributed by atoms with Gasteiger partial charge in [0.1, 0.15) is 5.75 Å². The van der Waals surface area contributed by atoms with Crippen molar-refractivity contribution in [1.29, 1.82) is 0 Å². The number of nitrogens with one attached hydrogen (secondary N) is 1. The highest BCUT2D eigenvalue weighted by molar-refractivity contribution is 5.92. The molecule has 2 unspecified atom stereocenters. The van der Waals surface area contributed by atoms with E-state index in [0.29, 0.717) is 12.1 Å². The van der Waals surface area contributed by atoms with Gasteiger partial charge in [0.25, 0.3) is 0 Å². The lowest BCUT2D eigenvalue weighted by atomic mass is 9.51. The highest BCUT2D eigenvalue weighted by Crippen LogP contribution is 2.58. The summed E-state index contributed by atoms with van der Waals surface area (Å²) in [5, 5.41) is 3.17. The number of hydrogen-bond acceptors (Lipinski definition) is 3. The minimum atomic E-state index is 0.173. The molecule has 2 aliphatic rings. The Bertz CT molecular complexity index is 564. The molecule has 5 nitrogen and oxygen atoms in total. The first-order valence-corrected chi connectivity index (χ1v) is 8.43. The highest BCUT2D eigenvalue weighted by Gasteiger charge is 2.58. The smallest absolute Gasteiger partial charge is 0.193 e. The summed E-state index contributed by atoms with van der Waals surface area (Å²) in [6, 6.07) is 8.08. The summed E-state index contributed by atoms with van der Waals surface area (Å²) in [5.41, 5.74) is 7.26. The predicted octanol–water partition coefficient (Wildman–Crippen LogP) is 3.16. The van der Waals surface area contributed by atoms with Crippen LogP contribution < -0.4 is 15.8 Å². The lowest BCUT2D eigenvalue weighted by Crippen LogP contribution is -2.61. The Morgan fingerprint density at radius 3 is 2.52 bits per heavy atom. The Hall–Kier alpha value is -1.75. The van der Waals surface area contributed by atoms with E-state index < -0.39 is 0 Å². The second kappa shape index (κ2) is 6.40. The SMILES string of the molecule is COC1CC(N=C(N)Nc2ccc(OC(C)C)cc2)C12CCC2. The number of rotatable bonds is 5. The van der Waals surface area contributed by atoms with E-state index in [2.05, 4.69) is 5.32 Å². The summed E-state index contributed by atoms with van der Waals surface area (Å²) in [5.74, 6) is 1.34. The van der Waals surface area contributed by atoms with Gasteiger partial charge in [-0.1, -0.05) is 6.42 Å². The molecule has 0 radical (unpaired) electrons. The van der Waals surface area contributed by atoms with Crippen LogP contribution in [0.2, 0.25) is 0 Å². The Labute approximate surface area is 138 Å². The summed E-state index contributed by atoms with van der Waals surface area (Å²) in [6.45, 7) is 4.03. The van der Waals surface area contributed by atoms with Crippen molar-refractivity contribution in [2.24, 2.45) is 16.1 Å². The molecule has 2 aliphatic carbocycles. The summed E-state index contributed by atoms with van der Waals surface area (Å²) < 4.78 is 11.2. The van der Waals surface area contributed by atoms with Crippen molar-refractivity contribution >= 4 is 11.6 Å². The first kappa shape index (κ1) is 16.1. The van der Waals surface area contributed by atoms with Crippen molar-refractivity contribution in [3.05, 3.63) is 24.3 Å². The minimum absolute atomic E-state index is 0.173. The molecule has 1 aromatic rings. The number of nitrogens with two attached hydrogens (primary N) is 1. The van der Waals surface area contributed by atoms with Crippen LogP contribution in [0.4, 0.5) is 5.69 Å². The molecule has 5 heteroatoms. The average molecular weight is 317 g/mol. The zero-order chi connectivity index (χ0) is 16.4. The van der Waals surface area contributed by atoms with E-state index in [9.17, 15) is 0 Å². The number of benzene rings is 1. The van der Waals surface area contributed by atoms with E-state index >= 15 is 0 Å². The maximum absolute atomic E-state index is 6.09. The van der Waals surface area contributed by atoms with E-state index in [0.717, 1.165) is 17.9 Å². The maximum Gasteiger partial charge on any atom is 0.193 e. The molecule has 1 aromatic carbocycles. The van der Waals surface area contributed by atoms with Gasteiger partial charge in [0.2, 0.25) is 0 Å².